The second-order valence-corrected chi connectivity index (χ2v) is 5.26. The first-order valence-electron chi connectivity index (χ1n) is 6.18. The Morgan fingerprint density at radius 1 is 1.44 bits per heavy atom. The summed E-state index contributed by atoms with van der Waals surface area (Å²) in [6, 6.07) is 3.48. The van der Waals surface area contributed by atoms with Gasteiger partial charge in [0.05, 0.1) is 6.04 Å². The molecule has 1 saturated heterocycles. The van der Waals surface area contributed by atoms with E-state index in [4.69, 9.17) is 5.73 Å². The van der Waals surface area contributed by atoms with E-state index >= 15 is 0 Å². The van der Waals surface area contributed by atoms with Gasteiger partial charge in [0.1, 0.15) is 0 Å². The Bertz CT molecular complexity index is 367. The van der Waals surface area contributed by atoms with Crippen molar-refractivity contribution in [2.75, 3.05) is 6.54 Å². The minimum atomic E-state index is 0.274. The maximum Gasteiger partial charge on any atom is 0.0520 e. The highest BCUT2D eigenvalue weighted by molar-refractivity contribution is 5.30. The quantitative estimate of drug-likeness (QED) is 0.803. The molecule has 1 aliphatic heterocycles. The number of H-pyrrole nitrogens is 1. The molecule has 0 amide bonds. The van der Waals surface area contributed by atoms with Crippen molar-refractivity contribution in [3.8, 4) is 0 Å². The predicted molar refractivity (Wildman–Crippen MR) is 67.4 cm³/mol. The summed E-state index contributed by atoms with van der Waals surface area (Å²) in [4.78, 5) is 5.90. The van der Waals surface area contributed by atoms with Crippen molar-refractivity contribution in [3.63, 3.8) is 0 Å². The van der Waals surface area contributed by atoms with Crippen LogP contribution in [0.1, 0.15) is 43.3 Å². The van der Waals surface area contributed by atoms with Gasteiger partial charge in [-0.05, 0) is 45.7 Å². The SMILES string of the molecule is Cc1cc(C2C(N)CCN2C(C)C)c(C)[nH]1. The normalized spacial score (nSPS) is 26.9. The summed E-state index contributed by atoms with van der Waals surface area (Å²) in [5.74, 6) is 0. The van der Waals surface area contributed by atoms with Crippen molar-refractivity contribution >= 4 is 0 Å². The van der Waals surface area contributed by atoms with E-state index in [0.717, 1.165) is 13.0 Å². The molecule has 2 heterocycles. The fourth-order valence-electron chi connectivity index (χ4n) is 2.88. The van der Waals surface area contributed by atoms with Crippen LogP contribution in [-0.2, 0) is 0 Å². The van der Waals surface area contributed by atoms with Crippen molar-refractivity contribution in [1.29, 1.82) is 0 Å². The molecule has 0 bridgehead atoms. The number of likely N-dealkylation sites (tertiary alicyclic amines) is 1. The molecule has 2 atom stereocenters. The van der Waals surface area contributed by atoms with Crippen LogP contribution in [0.4, 0.5) is 0 Å². The summed E-state index contributed by atoms with van der Waals surface area (Å²) in [7, 11) is 0. The molecule has 1 aliphatic rings. The fraction of sp³-hybridized carbons (Fsp3) is 0.692. The van der Waals surface area contributed by atoms with Crippen molar-refractivity contribution < 1.29 is 0 Å². The molecule has 90 valence electrons. The molecule has 1 aromatic heterocycles. The van der Waals surface area contributed by atoms with Crippen molar-refractivity contribution in [2.45, 2.75) is 52.2 Å². The minimum Gasteiger partial charge on any atom is -0.362 e. The lowest BCUT2D eigenvalue weighted by atomic mass is 10.0. The molecular weight excluding hydrogens is 198 g/mol. The number of aryl methyl sites for hydroxylation is 2. The zero-order valence-electron chi connectivity index (χ0n) is 10.7. The maximum absolute atomic E-state index is 6.26. The molecule has 3 N–H and O–H groups in total. The Morgan fingerprint density at radius 3 is 2.62 bits per heavy atom. The van der Waals surface area contributed by atoms with E-state index in [1.165, 1.54) is 17.0 Å². The molecular formula is C13H23N3. The fourth-order valence-corrected chi connectivity index (χ4v) is 2.88. The van der Waals surface area contributed by atoms with Gasteiger partial charge in [0.15, 0.2) is 0 Å². The second kappa shape index (κ2) is 4.22. The zero-order chi connectivity index (χ0) is 11.9. The minimum absolute atomic E-state index is 0.274. The third-order valence-electron chi connectivity index (χ3n) is 3.66. The Balaban J connectivity index is 2.33. The monoisotopic (exact) mass is 221 g/mol. The van der Waals surface area contributed by atoms with Crippen LogP contribution in [0, 0.1) is 13.8 Å². The molecule has 16 heavy (non-hydrogen) atoms. The van der Waals surface area contributed by atoms with E-state index in [9.17, 15) is 0 Å². The molecule has 0 radical (unpaired) electrons. The third-order valence-corrected chi connectivity index (χ3v) is 3.66. The molecule has 0 saturated carbocycles. The highest BCUT2D eigenvalue weighted by Gasteiger charge is 2.35. The van der Waals surface area contributed by atoms with E-state index in [1.807, 2.05) is 0 Å². The molecule has 2 unspecified atom stereocenters. The average molecular weight is 221 g/mol. The molecule has 0 spiro atoms. The largest absolute Gasteiger partial charge is 0.362 e. The van der Waals surface area contributed by atoms with Crippen molar-refractivity contribution in [2.24, 2.45) is 5.73 Å². The van der Waals surface area contributed by atoms with Crippen LogP contribution < -0.4 is 5.73 Å². The van der Waals surface area contributed by atoms with Crippen molar-refractivity contribution in [1.82, 2.24) is 9.88 Å². The van der Waals surface area contributed by atoms with Crippen LogP contribution in [0.25, 0.3) is 0 Å². The van der Waals surface area contributed by atoms with Gasteiger partial charge >= 0.3 is 0 Å². The molecule has 3 nitrogen and oxygen atoms in total. The van der Waals surface area contributed by atoms with E-state index < -0.39 is 0 Å². The topological polar surface area (TPSA) is 45.0 Å². The average Bonchev–Trinajstić information content (AvgIpc) is 2.69. The summed E-state index contributed by atoms with van der Waals surface area (Å²) < 4.78 is 0. The number of rotatable bonds is 2. The summed E-state index contributed by atoms with van der Waals surface area (Å²) in [6.07, 6.45) is 1.10. The number of nitrogens with two attached hydrogens (primary N) is 1. The van der Waals surface area contributed by atoms with Gasteiger partial charge in [0.25, 0.3) is 0 Å². The van der Waals surface area contributed by atoms with Gasteiger partial charge in [-0.3, -0.25) is 4.90 Å². The smallest absolute Gasteiger partial charge is 0.0520 e. The number of aromatic nitrogens is 1. The van der Waals surface area contributed by atoms with Crippen LogP contribution in [0.5, 0.6) is 0 Å². The van der Waals surface area contributed by atoms with Gasteiger partial charge < -0.3 is 10.7 Å². The number of hydrogen-bond acceptors (Lipinski definition) is 2. The van der Waals surface area contributed by atoms with Gasteiger partial charge in [-0.1, -0.05) is 0 Å². The summed E-state index contributed by atoms with van der Waals surface area (Å²) in [5, 5.41) is 0. The first-order valence-corrected chi connectivity index (χ1v) is 6.18. The Morgan fingerprint density at radius 2 is 2.12 bits per heavy atom. The first kappa shape index (κ1) is 11.7. The maximum atomic E-state index is 6.26. The summed E-state index contributed by atoms with van der Waals surface area (Å²) in [5.41, 5.74) is 10.1. The van der Waals surface area contributed by atoms with Gasteiger partial charge in [-0.2, -0.15) is 0 Å². The molecule has 2 rings (SSSR count). The van der Waals surface area contributed by atoms with Gasteiger partial charge in [0, 0.05) is 30.0 Å². The Labute approximate surface area is 98.0 Å². The van der Waals surface area contributed by atoms with Crippen LogP contribution >= 0.6 is 0 Å². The molecule has 0 aliphatic carbocycles. The third kappa shape index (κ3) is 1.89. The summed E-state index contributed by atoms with van der Waals surface area (Å²) >= 11 is 0. The van der Waals surface area contributed by atoms with Crippen LogP contribution in [0.2, 0.25) is 0 Å². The second-order valence-electron chi connectivity index (χ2n) is 5.26. The van der Waals surface area contributed by atoms with Crippen LogP contribution in [-0.4, -0.2) is 28.5 Å². The van der Waals surface area contributed by atoms with Crippen LogP contribution in [0.15, 0.2) is 6.07 Å². The highest BCUT2D eigenvalue weighted by Crippen LogP contribution is 2.34. The molecule has 1 fully saturated rings. The molecule has 0 aromatic carbocycles. The number of nitrogens with zero attached hydrogens (tertiary/aromatic N) is 1. The molecule has 1 aromatic rings. The van der Waals surface area contributed by atoms with Gasteiger partial charge in [-0.15, -0.1) is 0 Å². The number of hydrogen-bond donors (Lipinski definition) is 2. The van der Waals surface area contributed by atoms with Gasteiger partial charge in [-0.25, -0.2) is 0 Å². The van der Waals surface area contributed by atoms with Gasteiger partial charge in [0.2, 0.25) is 0 Å². The Hall–Kier alpha value is -0.800. The lowest BCUT2D eigenvalue weighted by Gasteiger charge is -2.30. The predicted octanol–water partition coefficient (Wildman–Crippen LogP) is 2.11. The first-order chi connectivity index (χ1) is 7.50. The summed E-state index contributed by atoms with van der Waals surface area (Å²) in [6.45, 7) is 9.87. The van der Waals surface area contributed by atoms with Crippen LogP contribution in [0.3, 0.4) is 0 Å². The van der Waals surface area contributed by atoms with E-state index in [2.05, 4.69) is 43.6 Å². The van der Waals surface area contributed by atoms with E-state index in [1.54, 1.807) is 0 Å². The zero-order valence-corrected chi connectivity index (χ0v) is 10.7. The standard InChI is InChI=1S/C13H23N3/c1-8(2)16-6-5-12(14)13(16)11-7-9(3)15-10(11)4/h7-8,12-13,15H,5-6,14H2,1-4H3. The lowest BCUT2D eigenvalue weighted by Crippen LogP contribution is -2.36. The highest BCUT2D eigenvalue weighted by atomic mass is 15.2. The van der Waals surface area contributed by atoms with Crippen molar-refractivity contribution in [3.05, 3.63) is 23.0 Å². The number of aromatic amines is 1. The Kier molecular flexibility index (Phi) is 3.08. The molecule has 3 heteroatoms. The lowest BCUT2D eigenvalue weighted by molar-refractivity contribution is 0.198. The van der Waals surface area contributed by atoms with E-state index in [-0.39, 0.29) is 6.04 Å². The number of nitrogens with one attached hydrogen (secondary N) is 1. The van der Waals surface area contributed by atoms with E-state index in [0.29, 0.717) is 12.1 Å².